The van der Waals surface area contributed by atoms with Crippen molar-refractivity contribution in [2.45, 2.75) is 57.2 Å². The molecule has 2 atom stereocenters. The first-order valence-electron chi connectivity index (χ1n) is 12.5. The number of hydrogen-bond donors (Lipinski definition) is 0. The monoisotopic (exact) mass is 504 g/mol. The molecule has 1 saturated heterocycles. The highest BCUT2D eigenvalue weighted by atomic mass is 32.2. The zero-order chi connectivity index (χ0) is 25.4. The molecule has 6 nitrogen and oxygen atoms in total. The van der Waals surface area contributed by atoms with Gasteiger partial charge in [0.15, 0.2) is 10.9 Å². The van der Waals surface area contributed by atoms with Crippen LogP contribution < -0.4 is 0 Å². The first kappa shape index (κ1) is 27.6. The van der Waals surface area contributed by atoms with Crippen LogP contribution in [0.3, 0.4) is 0 Å². The van der Waals surface area contributed by atoms with Crippen LogP contribution in [0.25, 0.3) is 0 Å². The van der Waals surface area contributed by atoms with Crippen molar-refractivity contribution in [2.75, 3.05) is 39.8 Å². The number of piperidine rings is 1. The Morgan fingerprint density at radius 2 is 2.00 bits per heavy atom. The Morgan fingerprint density at radius 1 is 1.26 bits per heavy atom. The summed E-state index contributed by atoms with van der Waals surface area (Å²) in [5.41, 5.74) is 1.54. The van der Waals surface area contributed by atoms with Gasteiger partial charge < -0.3 is 9.64 Å². The van der Waals surface area contributed by atoms with Gasteiger partial charge in [0.2, 0.25) is 0 Å². The molecule has 2 fully saturated rings. The van der Waals surface area contributed by atoms with Gasteiger partial charge in [-0.05, 0) is 57.8 Å². The third-order valence-electron chi connectivity index (χ3n) is 6.49. The van der Waals surface area contributed by atoms with Gasteiger partial charge in [0.1, 0.15) is 5.82 Å². The molecule has 1 aromatic rings. The van der Waals surface area contributed by atoms with Crippen LogP contribution in [0.15, 0.2) is 35.9 Å². The van der Waals surface area contributed by atoms with Crippen molar-refractivity contribution in [1.29, 1.82) is 0 Å². The number of likely N-dealkylation sites (tertiary alicyclic amines) is 1. The Bertz CT molecular complexity index is 934. The molecule has 1 heterocycles. The summed E-state index contributed by atoms with van der Waals surface area (Å²) in [5, 5.41) is 0.117. The Balaban J connectivity index is 1.72. The van der Waals surface area contributed by atoms with Crippen LogP contribution in [0, 0.1) is 11.7 Å². The fraction of sp³-hybridized carbons (Fsp3) is 0.593. The summed E-state index contributed by atoms with van der Waals surface area (Å²) in [5.74, 6) is -0.414. The number of Topliss-reactive ketones (excluding diaryl/α,β-unsaturated/α-hetero) is 1. The number of thioether (sulfide) groups is 1. The molecule has 192 valence electrons. The van der Waals surface area contributed by atoms with Gasteiger partial charge in [0.05, 0.1) is 12.6 Å². The quantitative estimate of drug-likeness (QED) is 0.309. The Labute approximate surface area is 212 Å². The molecule has 0 bridgehead atoms. The van der Waals surface area contributed by atoms with Crippen molar-refractivity contribution >= 4 is 28.6 Å². The maximum absolute atomic E-state index is 14.8. The maximum Gasteiger partial charge on any atom is 0.305 e. The average Bonchev–Trinajstić information content (AvgIpc) is 3.66. The van der Waals surface area contributed by atoms with E-state index in [1.807, 2.05) is 7.05 Å². The van der Waals surface area contributed by atoms with E-state index in [0.717, 1.165) is 31.4 Å². The summed E-state index contributed by atoms with van der Waals surface area (Å²) in [6, 6.07) is 5.97. The minimum atomic E-state index is -0.599. The third kappa shape index (κ3) is 8.26. The van der Waals surface area contributed by atoms with E-state index in [2.05, 4.69) is 15.9 Å². The lowest BCUT2D eigenvalue weighted by molar-refractivity contribution is -0.143. The van der Waals surface area contributed by atoms with Gasteiger partial charge in [0.25, 0.3) is 0 Å². The van der Waals surface area contributed by atoms with E-state index in [4.69, 9.17) is 4.74 Å². The molecule has 2 aliphatic rings. The van der Waals surface area contributed by atoms with Crippen LogP contribution in [0.1, 0.15) is 57.6 Å². The summed E-state index contributed by atoms with van der Waals surface area (Å²) in [6.07, 6.45) is 5.71. The predicted octanol–water partition coefficient (Wildman–Crippen LogP) is 4.40. The number of nitrogens with zero attached hydrogens (tertiary/aromatic N) is 2. The zero-order valence-electron chi connectivity index (χ0n) is 21.0. The first-order chi connectivity index (χ1) is 16.8. The number of halogens is 1. The standard InChI is InChI=1S/C27H37FN2O4S/c1-4-34-25(32)10-7-15-29(3)16-13-21-18-30(17-14-24(21)35-19(2)31)26(27(33)20-11-12-20)22-8-5-6-9-23(22)28/h5-6,8-9,13,20,24,26H,4,7,10-12,14-18H2,1-3H3/b21-13+. The van der Waals surface area contributed by atoms with Gasteiger partial charge in [-0.1, -0.05) is 36.0 Å². The van der Waals surface area contributed by atoms with E-state index in [-0.39, 0.29) is 33.9 Å². The topological polar surface area (TPSA) is 66.9 Å². The Morgan fingerprint density at radius 3 is 2.66 bits per heavy atom. The minimum absolute atomic E-state index is 0.0156. The van der Waals surface area contributed by atoms with E-state index < -0.39 is 6.04 Å². The molecule has 0 amide bonds. The number of hydrogen-bond acceptors (Lipinski definition) is 7. The van der Waals surface area contributed by atoms with Crippen molar-refractivity contribution in [3.05, 3.63) is 47.3 Å². The van der Waals surface area contributed by atoms with E-state index in [1.54, 1.807) is 32.0 Å². The van der Waals surface area contributed by atoms with E-state index >= 15 is 0 Å². The average molecular weight is 505 g/mol. The Kier molecular flexibility index (Phi) is 10.5. The summed E-state index contributed by atoms with van der Waals surface area (Å²) in [4.78, 5) is 41.0. The van der Waals surface area contributed by atoms with Crippen LogP contribution in [0.4, 0.5) is 4.39 Å². The van der Waals surface area contributed by atoms with Crippen LogP contribution in [-0.4, -0.2) is 71.8 Å². The number of ketones is 1. The summed E-state index contributed by atoms with van der Waals surface area (Å²) in [7, 11) is 1.99. The zero-order valence-corrected chi connectivity index (χ0v) is 21.8. The number of esters is 1. The molecular formula is C27H37FN2O4S. The molecule has 8 heteroatoms. The molecule has 2 unspecified atom stereocenters. The van der Waals surface area contributed by atoms with Crippen molar-refractivity contribution in [3.63, 3.8) is 0 Å². The van der Waals surface area contributed by atoms with Gasteiger partial charge >= 0.3 is 5.97 Å². The van der Waals surface area contributed by atoms with Gasteiger partial charge in [0, 0.05) is 49.7 Å². The molecule has 0 spiro atoms. The minimum Gasteiger partial charge on any atom is -0.466 e. The van der Waals surface area contributed by atoms with Gasteiger partial charge in [-0.25, -0.2) is 4.39 Å². The highest BCUT2D eigenvalue weighted by molar-refractivity contribution is 8.14. The molecule has 1 aliphatic heterocycles. The number of carbonyl (C=O) groups is 3. The number of likely N-dealkylation sites (N-methyl/N-ethyl adjacent to an activating group) is 1. The lowest BCUT2D eigenvalue weighted by atomic mass is 9.93. The maximum atomic E-state index is 14.8. The second-order valence-corrected chi connectivity index (χ2v) is 10.8. The van der Waals surface area contributed by atoms with Gasteiger partial charge in [-0.3, -0.25) is 19.3 Å². The predicted molar refractivity (Wildman–Crippen MR) is 137 cm³/mol. The van der Waals surface area contributed by atoms with E-state index in [1.165, 1.54) is 17.8 Å². The van der Waals surface area contributed by atoms with Gasteiger partial charge in [-0.2, -0.15) is 0 Å². The number of ether oxygens (including phenoxy) is 1. The molecule has 35 heavy (non-hydrogen) atoms. The van der Waals surface area contributed by atoms with Crippen LogP contribution in [0.5, 0.6) is 0 Å². The highest BCUT2D eigenvalue weighted by Gasteiger charge is 2.41. The molecule has 0 N–H and O–H groups in total. The molecule has 1 aromatic carbocycles. The molecule has 0 aromatic heterocycles. The van der Waals surface area contributed by atoms with E-state index in [9.17, 15) is 18.8 Å². The molecule has 1 aliphatic carbocycles. The van der Waals surface area contributed by atoms with Gasteiger partial charge in [-0.15, -0.1) is 0 Å². The van der Waals surface area contributed by atoms with Crippen LogP contribution in [0.2, 0.25) is 0 Å². The fourth-order valence-electron chi connectivity index (χ4n) is 4.54. The smallest absolute Gasteiger partial charge is 0.305 e. The number of benzene rings is 1. The van der Waals surface area contributed by atoms with Crippen LogP contribution >= 0.6 is 11.8 Å². The second-order valence-electron chi connectivity index (χ2n) is 9.41. The summed E-state index contributed by atoms with van der Waals surface area (Å²) >= 11 is 1.33. The number of carbonyl (C=O) groups excluding carboxylic acids is 3. The molecule has 3 rings (SSSR count). The van der Waals surface area contributed by atoms with Crippen molar-refractivity contribution in [3.8, 4) is 0 Å². The molecule has 1 saturated carbocycles. The molecular weight excluding hydrogens is 467 g/mol. The van der Waals surface area contributed by atoms with Crippen molar-refractivity contribution in [2.24, 2.45) is 5.92 Å². The first-order valence-corrected chi connectivity index (χ1v) is 13.4. The Hall–Kier alpha value is -2.03. The van der Waals surface area contributed by atoms with Crippen LogP contribution in [-0.2, 0) is 19.1 Å². The van der Waals surface area contributed by atoms with Crippen molar-refractivity contribution in [1.82, 2.24) is 9.80 Å². The normalized spacial score (nSPS) is 20.7. The summed E-state index contributed by atoms with van der Waals surface area (Å²) < 4.78 is 19.8. The van der Waals surface area contributed by atoms with E-state index in [0.29, 0.717) is 44.6 Å². The fourth-order valence-corrected chi connectivity index (χ4v) is 5.49. The third-order valence-corrected chi connectivity index (χ3v) is 7.65. The SMILES string of the molecule is CCOC(=O)CCCN(C)C/C=C1\CN(C(C(=O)C2CC2)c2ccccc2F)CCC1SC(C)=O. The lowest BCUT2D eigenvalue weighted by Gasteiger charge is -2.38. The second kappa shape index (κ2) is 13.3. The lowest BCUT2D eigenvalue weighted by Crippen LogP contribution is -2.43. The molecule has 0 radical (unpaired) electrons. The largest absolute Gasteiger partial charge is 0.466 e. The van der Waals surface area contributed by atoms with Crippen molar-refractivity contribution < 1.29 is 23.5 Å². The summed E-state index contributed by atoms with van der Waals surface area (Å²) in [6.45, 7) is 6.34. The highest BCUT2D eigenvalue weighted by Crippen LogP contribution is 2.40. The number of rotatable bonds is 12.